The van der Waals surface area contributed by atoms with Crippen LogP contribution in [0.3, 0.4) is 0 Å². The lowest BCUT2D eigenvalue weighted by Gasteiger charge is -2.40. The molecule has 2 fully saturated rings. The van der Waals surface area contributed by atoms with Crippen LogP contribution in [0.1, 0.15) is 33.6 Å². The maximum atomic E-state index is 12.4. The molecule has 0 N–H and O–H groups in total. The summed E-state index contributed by atoms with van der Waals surface area (Å²) in [6.07, 6.45) is 2.33. The van der Waals surface area contributed by atoms with Crippen molar-refractivity contribution in [1.82, 2.24) is 14.7 Å². The minimum absolute atomic E-state index is 0.269. The highest BCUT2D eigenvalue weighted by Gasteiger charge is 2.27. The van der Waals surface area contributed by atoms with Gasteiger partial charge in [-0.1, -0.05) is 6.92 Å². The Morgan fingerprint density at radius 3 is 1.94 bits per heavy atom. The van der Waals surface area contributed by atoms with Crippen molar-refractivity contribution in [3.8, 4) is 0 Å². The van der Waals surface area contributed by atoms with Crippen LogP contribution in [0.15, 0.2) is 0 Å². The first-order valence-electron chi connectivity index (χ1n) is 7.36. The van der Waals surface area contributed by atoms with E-state index in [2.05, 4.69) is 25.7 Å². The average molecular weight is 253 g/mol. The van der Waals surface area contributed by atoms with Gasteiger partial charge in [0.1, 0.15) is 0 Å². The minimum Gasteiger partial charge on any atom is -0.325 e. The molecule has 0 aromatic carbocycles. The van der Waals surface area contributed by atoms with Crippen LogP contribution < -0.4 is 0 Å². The van der Waals surface area contributed by atoms with Crippen LogP contribution in [0.2, 0.25) is 0 Å². The van der Waals surface area contributed by atoms with Gasteiger partial charge < -0.3 is 9.80 Å². The predicted octanol–water partition coefficient (Wildman–Crippen LogP) is 1.86. The molecular weight excluding hydrogens is 226 g/mol. The number of amides is 2. The molecule has 0 unspecified atom stereocenters. The van der Waals surface area contributed by atoms with E-state index in [4.69, 9.17) is 0 Å². The van der Waals surface area contributed by atoms with Crippen molar-refractivity contribution >= 4 is 6.03 Å². The maximum Gasteiger partial charge on any atom is 0.320 e. The zero-order chi connectivity index (χ0) is 13.1. The first kappa shape index (κ1) is 13.7. The van der Waals surface area contributed by atoms with E-state index >= 15 is 0 Å². The number of nitrogens with zero attached hydrogens (tertiary/aromatic N) is 3. The summed E-state index contributed by atoms with van der Waals surface area (Å²) in [5.41, 5.74) is 0. The van der Waals surface area contributed by atoms with E-state index in [1.54, 1.807) is 0 Å². The number of carbonyl (C=O) groups excluding carboxylic acids is 1. The molecule has 104 valence electrons. The lowest BCUT2D eigenvalue weighted by molar-refractivity contribution is 0.0911. The normalized spacial score (nSPS) is 23.8. The predicted molar refractivity (Wildman–Crippen MR) is 73.6 cm³/mol. The fourth-order valence-electron chi connectivity index (χ4n) is 2.83. The average Bonchev–Trinajstić information content (AvgIpc) is 2.39. The first-order valence-corrected chi connectivity index (χ1v) is 7.36. The molecule has 18 heavy (non-hydrogen) atoms. The van der Waals surface area contributed by atoms with Gasteiger partial charge in [0.15, 0.2) is 0 Å². The second-order valence-corrected chi connectivity index (χ2v) is 6.07. The largest absolute Gasteiger partial charge is 0.325 e. The lowest BCUT2D eigenvalue weighted by atomic mass is 9.99. The molecule has 4 heteroatoms. The SMILES string of the molecule is CC1CCN(C(=O)N2CCN(C(C)C)CC2)CC1. The third-order valence-corrected chi connectivity index (χ3v) is 4.37. The second kappa shape index (κ2) is 5.91. The molecule has 0 aliphatic carbocycles. The van der Waals surface area contributed by atoms with E-state index in [1.807, 2.05) is 9.80 Å². The number of hydrogen-bond donors (Lipinski definition) is 0. The Hall–Kier alpha value is -0.770. The van der Waals surface area contributed by atoms with Gasteiger partial charge in [-0.2, -0.15) is 0 Å². The smallest absolute Gasteiger partial charge is 0.320 e. The summed E-state index contributed by atoms with van der Waals surface area (Å²) in [5, 5.41) is 0. The number of rotatable bonds is 1. The topological polar surface area (TPSA) is 26.8 Å². The summed E-state index contributed by atoms with van der Waals surface area (Å²) < 4.78 is 0. The highest BCUT2D eigenvalue weighted by atomic mass is 16.2. The molecule has 2 rings (SSSR count). The standard InChI is InChI=1S/C14H27N3O/c1-12(2)15-8-10-17(11-9-15)14(18)16-6-4-13(3)5-7-16/h12-13H,4-11H2,1-3H3. The number of urea groups is 1. The summed E-state index contributed by atoms with van der Waals surface area (Å²) in [6.45, 7) is 12.5. The third-order valence-electron chi connectivity index (χ3n) is 4.37. The maximum absolute atomic E-state index is 12.4. The van der Waals surface area contributed by atoms with Gasteiger partial charge in [0.25, 0.3) is 0 Å². The fraction of sp³-hybridized carbons (Fsp3) is 0.929. The van der Waals surface area contributed by atoms with E-state index in [1.165, 1.54) is 0 Å². The van der Waals surface area contributed by atoms with E-state index in [9.17, 15) is 4.79 Å². The van der Waals surface area contributed by atoms with Gasteiger partial charge in [-0.15, -0.1) is 0 Å². The molecule has 2 amide bonds. The van der Waals surface area contributed by atoms with Crippen molar-refractivity contribution in [2.45, 2.75) is 39.7 Å². The van der Waals surface area contributed by atoms with E-state index < -0.39 is 0 Å². The van der Waals surface area contributed by atoms with Crippen molar-refractivity contribution in [2.75, 3.05) is 39.3 Å². The Morgan fingerprint density at radius 1 is 0.944 bits per heavy atom. The first-order chi connectivity index (χ1) is 8.58. The summed E-state index contributed by atoms with van der Waals surface area (Å²) >= 11 is 0. The monoisotopic (exact) mass is 253 g/mol. The molecule has 0 bridgehead atoms. The van der Waals surface area contributed by atoms with Gasteiger partial charge in [0.05, 0.1) is 0 Å². The zero-order valence-electron chi connectivity index (χ0n) is 12.1. The van der Waals surface area contributed by atoms with Crippen molar-refractivity contribution in [1.29, 1.82) is 0 Å². The molecule has 2 aliphatic rings. The molecular formula is C14H27N3O. The van der Waals surface area contributed by atoms with Crippen LogP contribution in [0.5, 0.6) is 0 Å². The lowest BCUT2D eigenvalue weighted by Crippen LogP contribution is -2.55. The van der Waals surface area contributed by atoms with Crippen LogP contribution >= 0.6 is 0 Å². The van der Waals surface area contributed by atoms with Crippen LogP contribution in [0.25, 0.3) is 0 Å². The summed E-state index contributed by atoms with van der Waals surface area (Å²) in [5.74, 6) is 0.784. The van der Waals surface area contributed by atoms with E-state index in [-0.39, 0.29) is 6.03 Å². The van der Waals surface area contributed by atoms with Gasteiger partial charge in [0, 0.05) is 45.3 Å². The number of piperidine rings is 1. The molecule has 2 heterocycles. The summed E-state index contributed by atoms with van der Waals surface area (Å²) in [4.78, 5) is 18.9. The Balaban J connectivity index is 1.80. The van der Waals surface area contributed by atoms with Crippen LogP contribution in [0, 0.1) is 5.92 Å². The highest BCUT2D eigenvalue weighted by Crippen LogP contribution is 2.18. The highest BCUT2D eigenvalue weighted by molar-refractivity contribution is 5.74. The van der Waals surface area contributed by atoms with Gasteiger partial charge >= 0.3 is 6.03 Å². The Labute approximate surface area is 111 Å². The molecule has 2 aliphatic heterocycles. The molecule has 0 aromatic rings. The van der Waals surface area contributed by atoms with Crippen molar-refractivity contribution in [2.24, 2.45) is 5.92 Å². The van der Waals surface area contributed by atoms with E-state index in [0.29, 0.717) is 6.04 Å². The van der Waals surface area contributed by atoms with Crippen LogP contribution in [0.4, 0.5) is 4.79 Å². The van der Waals surface area contributed by atoms with Crippen molar-refractivity contribution in [3.05, 3.63) is 0 Å². The summed E-state index contributed by atoms with van der Waals surface area (Å²) in [7, 11) is 0. The Morgan fingerprint density at radius 2 is 1.44 bits per heavy atom. The molecule has 0 aromatic heterocycles. The number of carbonyl (C=O) groups is 1. The van der Waals surface area contributed by atoms with Gasteiger partial charge in [-0.05, 0) is 32.6 Å². The van der Waals surface area contributed by atoms with Gasteiger partial charge in [-0.25, -0.2) is 4.79 Å². The quantitative estimate of drug-likeness (QED) is 0.713. The Kier molecular flexibility index (Phi) is 4.49. The second-order valence-electron chi connectivity index (χ2n) is 6.07. The van der Waals surface area contributed by atoms with Crippen LogP contribution in [-0.2, 0) is 0 Å². The van der Waals surface area contributed by atoms with Crippen LogP contribution in [-0.4, -0.2) is 66.0 Å². The molecule has 0 spiro atoms. The summed E-state index contributed by atoms with van der Waals surface area (Å²) in [6, 6.07) is 0.864. The molecule has 0 saturated carbocycles. The fourth-order valence-corrected chi connectivity index (χ4v) is 2.83. The molecule has 4 nitrogen and oxygen atoms in total. The Bertz CT molecular complexity index is 277. The van der Waals surface area contributed by atoms with Gasteiger partial charge in [0.2, 0.25) is 0 Å². The van der Waals surface area contributed by atoms with Gasteiger partial charge in [-0.3, -0.25) is 4.90 Å². The van der Waals surface area contributed by atoms with E-state index in [0.717, 1.165) is 58.0 Å². The number of hydrogen-bond acceptors (Lipinski definition) is 2. The number of piperazine rings is 1. The molecule has 0 radical (unpaired) electrons. The van der Waals surface area contributed by atoms with Crippen molar-refractivity contribution in [3.63, 3.8) is 0 Å². The molecule has 0 atom stereocenters. The third kappa shape index (κ3) is 3.16. The zero-order valence-corrected chi connectivity index (χ0v) is 12.1. The van der Waals surface area contributed by atoms with Crippen molar-refractivity contribution < 1.29 is 4.79 Å². The minimum atomic E-state index is 0.269. The number of likely N-dealkylation sites (tertiary alicyclic amines) is 1. The molecule has 2 saturated heterocycles.